The van der Waals surface area contributed by atoms with Crippen LogP contribution in [0.25, 0.3) is 0 Å². The third-order valence-corrected chi connectivity index (χ3v) is 3.18. The van der Waals surface area contributed by atoms with Gasteiger partial charge in [-0.1, -0.05) is 0 Å². The van der Waals surface area contributed by atoms with Crippen LogP contribution in [0.3, 0.4) is 0 Å². The van der Waals surface area contributed by atoms with Crippen LogP contribution in [0.4, 0.5) is 0 Å². The lowest BCUT2D eigenvalue weighted by Gasteiger charge is -2.24. The molecule has 3 heteroatoms. The minimum absolute atomic E-state index is 0.0748. The SMILES string of the molecule is COCCC(C)(N)CCCC1CCCO1. The minimum Gasteiger partial charge on any atom is -0.385 e. The lowest BCUT2D eigenvalue weighted by atomic mass is 9.92. The molecule has 3 nitrogen and oxygen atoms in total. The first kappa shape index (κ1) is 12.9. The highest BCUT2D eigenvalue weighted by Crippen LogP contribution is 2.21. The number of ether oxygens (including phenoxy) is 2. The van der Waals surface area contributed by atoms with E-state index in [1.807, 2.05) is 0 Å². The Kier molecular flexibility index (Phi) is 5.58. The predicted molar refractivity (Wildman–Crippen MR) is 61.9 cm³/mol. The summed E-state index contributed by atoms with van der Waals surface area (Å²) >= 11 is 0. The molecule has 2 atom stereocenters. The fourth-order valence-corrected chi connectivity index (χ4v) is 2.07. The van der Waals surface area contributed by atoms with Crippen LogP contribution >= 0.6 is 0 Å². The van der Waals surface area contributed by atoms with Crippen molar-refractivity contribution in [2.45, 2.75) is 57.1 Å². The molecule has 1 rings (SSSR count). The maximum atomic E-state index is 6.17. The molecule has 90 valence electrons. The fraction of sp³-hybridized carbons (Fsp3) is 1.00. The topological polar surface area (TPSA) is 44.5 Å². The molecule has 0 aromatic heterocycles. The van der Waals surface area contributed by atoms with Crippen molar-refractivity contribution in [2.75, 3.05) is 20.3 Å². The Balaban J connectivity index is 2.06. The second kappa shape index (κ2) is 6.46. The number of rotatable bonds is 7. The normalized spacial score (nSPS) is 25.4. The van der Waals surface area contributed by atoms with Crippen LogP contribution in [0.5, 0.6) is 0 Å². The summed E-state index contributed by atoms with van der Waals surface area (Å²) in [6.07, 6.45) is 7.31. The smallest absolute Gasteiger partial charge is 0.0576 e. The molecule has 2 N–H and O–H groups in total. The fourth-order valence-electron chi connectivity index (χ4n) is 2.07. The molecular weight excluding hydrogens is 190 g/mol. The average molecular weight is 215 g/mol. The maximum absolute atomic E-state index is 6.17. The summed E-state index contributed by atoms with van der Waals surface area (Å²) in [4.78, 5) is 0. The van der Waals surface area contributed by atoms with E-state index < -0.39 is 0 Å². The van der Waals surface area contributed by atoms with E-state index in [0.29, 0.717) is 6.10 Å². The molecular formula is C12H25NO2. The molecule has 0 saturated carbocycles. The van der Waals surface area contributed by atoms with Gasteiger partial charge >= 0.3 is 0 Å². The van der Waals surface area contributed by atoms with Gasteiger partial charge in [0, 0.05) is 25.9 Å². The molecule has 0 spiro atoms. The number of hydrogen-bond acceptors (Lipinski definition) is 3. The summed E-state index contributed by atoms with van der Waals surface area (Å²) < 4.78 is 10.6. The zero-order valence-electron chi connectivity index (χ0n) is 10.1. The molecule has 1 saturated heterocycles. The summed E-state index contributed by atoms with van der Waals surface area (Å²) in [6, 6.07) is 0. The van der Waals surface area contributed by atoms with E-state index in [-0.39, 0.29) is 5.54 Å². The van der Waals surface area contributed by atoms with Crippen molar-refractivity contribution in [3.05, 3.63) is 0 Å². The van der Waals surface area contributed by atoms with Gasteiger partial charge in [0.1, 0.15) is 0 Å². The second-order valence-corrected chi connectivity index (χ2v) is 4.92. The summed E-state index contributed by atoms with van der Waals surface area (Å²) in [5, 5.41) is 0. The van der Waals surface area contributed by atoms with Crippen molar-refractivity contribution in [3.63, 3.8) is 0 Å². The van der Waals surface area contributed by atoms with Gasteiger partial charge in [-0.3, -0.25) is 0 Å². The zero-order valence-corrected chi connectivity index (χ0v) is 10.1. The molecule has 1 aliphatic rings. The Morgan fingerprint density at radius 2 is 2.27 bits per heavy atom. The Morgan fingerprint density at radius 3 is 2.87 bits per heavy atom. The largest absolute Gasteiger partial charge is 0.385 e. The predicted octanol–water partition coefficient (Wildman–Crippen LogP) is 2.09. The molecule has 0 bridgehead atoms. The van der Waals surface area contributed by atoms with E-state index in [2.05, 4.69) is 6.92 Å². The minimum atomic E-state index is -0.0748. The van der Waals surface area contributed by atoms with Crippen molar-refractivity contribution in [2.24, 2.45) is 5.73 Å². The van der Waals surface area contributed by atoms with Crippen LogP contribution in [0.1, 0.15) is 45.4 Å². The molecule has 15 heavy (non-hydrogen) atoms. The first-order valence-electron chi connectivity index (χ1n) is 6.03. The average Bonchev–Trinajstić information content (AvgIpc) is 2.67. The van der Waals surface area contributed by atoms with Crippen molar-refractivity contribution in [3.8, 4) is 0 Å². The van der Waals surface area contributed by atoms with Crippen LogP contribution in [-0.2, 0) is 9.47 Å². The highest BCUT2D eigenvalue weighted by atomic mass is 16.5. The van der Waals surface area contributed by atoms with Crippen LogP contribution in [0.15, 0.2) is 0 Å². The number of nitrogens with two attached hydrogens (primary N) is 1. The molecule has 0 aromatic carbocycles. The highest BCUT2D eigenvalue weighted by molar-refractivity contribution is 4.79. The third-order valence-electron chi connectivity index (χ3n) is 3.18. The van der Waals surface area contributed by atoms with Crippen molar-refractivity contribution >= 4 is 0 Å². The maximum Gasteiger partial charge on any atom is 0.0576 e. The van der Waals surface area contributed by atoms with Gasteiger partial charge in [-0.25, -0.2) is 0 Å². The third kappa shape index (κ3) is 5.50. The van der Waals surface area contributed by atoms with Gasteiger partial charge in [-0.05, 0) is 45.4 Å². The van der Waals surface area contributed by atoms with E-state index >= 15 is 0 Å². The molecule has 1 fully saturated rings. The van der Waals surface area contributed by atoms with E-state index in [1.165, 1.54) is 25.7 Å². The molecule has 0 amide bonds. The summed E-state index contributed by atoms with van der Waals surface area (Å²) in [6.45, 7) is 3.82. The van der Waals surface area contributed by atoms with Crippen molar-refractivity contribution in [1.29, 1.82) is 0 Å². The van der Waals surface area contributed by atoms with Gasteiger partial charge in [0.2, 0.25) is 0 Å². The Hall–Kier alpha value is -0.120. The molecule has 2 unspecified atom stereocenters. The molecule has 0 radical (unpaired) electrons. The quantitative estimate of drug-likeness (QED) is 0.707. The van der Waals surface area contributed by atoms with Crippen molar-refractivity contribution in [1.82, 2.24) is 0 Å². The Morgan fingerprint density at radius 1 is 1.47 bits per heavy atom. The lowest BCUT2D eigenvalue weighted by Crippen LogP contribution is -2.37. The van der Waals surface area contributed by atoms with E-state index in [9.17, 15) is 0 Å². The van der Waals surface area contributed by atoms with Gasteiger partial charge < -0.3 is 15.2 Å². The molecule has 0 aliphatic carbocycles. The molecule has 1 heterocycles. The van der Waals surface area contributed by atoms with Gasteiger partial charge in [0.05, 0.1) is 6.10 Å². The van der Waals surface area contributed by atoms with E-state index in [4.69, 9.17) is 15.2 Å². The second-order valence-electron chi connectivity index (χ2n) is 4.92. The summed E-state index contributed by atoms with van der Waals surface area (Å²) in [5.74, 6) is 0. The van der Waals surface area contributed by atoms with Crippen LogP contribution in [-0.4, -0.2) is 32.0 Å². The first-order valence-corrected chi connectivity index (χ1v) is 6.03. The monoisotopic (exact) mass is 215 g/mol. The van der Waals surface area contributed by atoms with E-state index in [0.717, 1.165) is 26.1 Å². The van der Waals surface area contributed by atoms with Gasteiger partial charge in [0.25, 0.3) is 0 Å². The first-order chi connectivity index (χ1) is 7.14. The van der Waals surface area contributed by atoms with Gasteiger partial charge in [-0.15, -0.1) is 0 Å². The van der Waals surface area contributed by atoms with Crippen LogP contribution < -0.4 is 5.73 Å². The number of hydrogen-bond donors (Lipinski definition) is 1. The van der Waals surface area contributed by atoms with Crippen LogP contribution in [0.2, 0.25) is 0 Å². The van der Waals surface area contributed by atoms with Gasteiger partial charge in [-0.2, -0.15) is 0 Å². The highest BCUT2D eigenvalue weighted by Gasteiger charge is 2.20. The summed E-state index contributed by atoms with van der Waals surface area (Å²) in [7, 11) is 1.72. The molecule has 1 aliphatic heterocycles. The Labute approximate surface area is 93.3 Å². The van der Waals surface area contributed by atoms with Gasteiger partial charge in [0.15, 0.2) is 0 Å². The zero-order chi connectivity index (χ0) is 11.1. The molecule has 0 aromatic rings. The Bertz CT molecular complexity index is 165. The number of methoxy groups -OCH3 is 1. The van der Waals surface area contributed by atoms with E-state index in [1.54, 1.807) is 7.11 Å². The van der Waals surface area contributed by atoms with Crippen molar-refractivity contribution < 1.29 is 9.47 Å². The lowest BCUT2D eigenvalue weighted by molar-refractivity contribution is 0.0990. The van der Waals surface area contributed by atoms with Crippen LogP contribution in [0, 0.1) is 0 Å². The standard InChI is InChI=1S/C12H25NO2/c1-12(13,8-10-14-2)7-3-5-11-6-4-9-15-11/h11H,3-10,13H2,1-2H3. The summed E-state index contributed by atoms with van der Waals surface area (Å²) in [5.41, 5.74) is 6.09.